The number of aromatic nitrogens is 5. The Bertz CT molecular complexity index is 1190. The van der Waals surface area contributed by atoms with Crippen molar-refractivity contribution in [1.82, 2.24) is 30.2 Å². The average molecular weight is 399 g/mol. The molecule has 0 aliphatic rings. The van der Waals surface area contributed by atoms with Crippen LogP contribution in [0.25, 0.3) is 22.3 Å². The van der Waals surface area contributed by atoms with Crippen LogP contribution in [0.4, 0.5) is 5.82 Å². The second-order valence-corrected chi connectivity index (χ2v) is 6.76. The van der Waals surface area contributed by atoms with Crippen LogP contribution in [0.5, 0.6) is 0 Å². The van der Waals surface area contributed by atoms with Crippen LogP contribution in [-0.2, 0) is 6.42 Å². The van der Waals surface area contributed by atoms with Gasteiger partial charge in [-0.05, 0) is 43.2 Å². The van der Waals surface area contributed by atoms with E-state index in [0.29, 0.717) is 24.0 Å². The largest absolute Gasteiger partial charge is 0.370 e. The third kappa shape index (κ3) is 4.07. The highest BCUT2D eigenvalue weighted by Crippen LogP contribution is 2.20. The molecule has 0 atom stereocenters. The van der Waals surface area contributed by atoms with Gasteiger partial charge in [-0.2, -0.15) is 0 Å². The Morgan fingerprint density at radius 1 is 0.967 bits per heavy atom. The fourth-order valence-electron chi connectivity index (χ4n) is 3.18. The van der Waals surface area contributed by atoms with E-state index in [4.69, 9.17) is 0 Å². The molecule has 0 aliphatic heterocycles. The molecule has 0 fully saturated rings. The number of carbonyl (C=O) groups is 1. The standard InChI is InChI=1S/C22H21N7O/c1-14-3-4-16(12-27-14)18-11-19(29-13-28-18)24-8-5-15-6-9-26-21-17(22(30)23-2)7-10-25-20(15)21/h3-4,6-7,9-13H,5,8H2,1-2H3,(H,23,30)(H,24,28,29). The molecule has 8 nitrogen and oxygen atoms in total. The van der Waals surface area contributed by atoms with Crippen LogP contribution in [0, 0.1) is 6.92 Å². The van der Waals surface area contributed by atoms with Gasteiger partial charge in [0.15, 0.2) is 0 Å². The third-order valence-corrected chi connectivity index (χ3v) is 4.75. The topological polar surface area (TPSA) is 106 Å². The molecule has 0 bridgehead atoms. The summed E-state index contributed by atoms with van der Waals surface area (Å²) in [5.41, 5.74) is 5.58. The summed E-state index contributed by atoms with van der Waals surface area (Å²) in [4.78, 5) is 33.8. The van der Waals surface area contributed by atoms with E-state index in [1.165, 1.54) is 6.33 Å². The highest BCUT2D eigenvalue weighted by Gasteiger charge is 2.12. The second kappa shape index (κ2) is 8.60. The maximum atomic E-state index is 12.1. The van der Waals surface area contributed by atoms with E-state index < -0.39 is 0 Å². The molecule has 4 rings (SSSR count). The van der Waals surface area contributed by atoms with Gasteiger partial charge in [-0.1, -0.05) is 0 Å². The van der Waals surface area contributed by atoms with Gasteiger partial charge in [0.1, 0.15) is 17.7 Å². The first-order valence-electron chi connectivity index (χ1n) is 9.59. The van der Waals surface area contributed by atoms with Crippen molar-refractivity contribution in [1.29, 1.82) is 0 Å². The molecule has 2 N–H and O–H groups in total. The molecule has 30 heavy (non-hydrogen) atoms. The van der Waals surface area contributed by atoms with Gasteiger partial charge in [-0.3, -0.25) is 19.7 Å². The van der Waals surface area contributed by atoms with E-state index in [9.17, 15) is 4.79 Å². The van der Waals surface area contributed by atoms with Crippen LogP contribution in [0.2, 0.25) is 0 Å². The van der Waals surface area contributed by atoms with Gasteiger partial charge >= 0.3 is 0 Å². The lowest BCUT2D eigenvalue weighted by Crippen LogP contribution is -2.18. The van der Waals surface area contributed by atoms with Gasteiger partial charge in [0.05, 0.1) is 16.8 Å². The van der Waals surface area contributed by atoms with Crippen molar-refractivity contribution in [3.63, 3.8) is 0 Å². The number of amides is 1. The van der Waals surface area contributed by atoms with Crippen molar-refractivity contribution < 1.29 is 4.79 Å². The number of hydrogen-bond acceptors (Lipinski definition) is 7. The van der Waals surface area contributed by atoms with E-state index in [-0.39, 0.29) is 5.91 Å². The van der Waals surface area contributed by atoms with Crippen molar-refractivity contribution in [2.75, 3.05) is 18.9 Å². The van der Waals surface area contributed by atoms with Gasteiger partial charge in [-0.25, -0.2) is 9.97 Å². The predicted octanol–water partition coefficient (Wildman–Crippen LogP) is 2.80. The molecule has 0 saturated carbocycles. The second-order valence-electron chi connectivity index (χ2n) is 6.76. The van der Waals surface area contributed by atoms with Crippen molar-refractivity contribution >= 4 is 22.8 Å². The van der Waals surface area contributed by atoms with Gasteiger partial charge in [0.25, 0.3) is 5.91 Å². The molecular weight excluding hydrogens is 378 g/mol. The number of aryl methyl sites for hydroxylation is 1. The van der Waals surface area contributed by atoms with Crippen molar-refractivity contribution in [2.45, 2.75) is 13.3 Å². The normalized spacial score (nSPS) is 10.7. The van der Waals surface area contributed by atoms with E-state index in [1.54, 1.807) is 31.7 Å². The number of hydrogen-bond donors (Lipinski definition) is 2. The van der Waals surface area contributed by atoms with Crippen LogP contribution in [0.1, 0.15) is 21.6 Å². The molecule has 0 aliphatic carbocycles. The zero-order chi connectivity index (χ0) is 20.9. The molecule has 0 saturated heterocycles. The maximum Gasteiger partial charge on any atom is 0.253 e. The number of nitrogens with zero attached hydrogens (tertiary/aromatic N) is 5. The lowest BCUT2D eigenvalue weighted by molar-refractivity contribution is 0.0964. The molecule has 0 radical (unpaired) electrons. The first-order chi connectivity index (χ1) is 14.7. The summed E-state index contributed by atoms with van der Waals surface area (Å²) in [6, 6.07) is 9.46. The fraction of sp³-hybridized carbons (Fsp3) is 0.182. The number of carbonyl (C=O) groups excluding carboxylic acids is 1. The molecule has 0 spiro atoms. The van der Waals surface area contributed by atoms with Crippen LogP contribution < -0.4 is 10.6 Å². The highest BCUT2D eigenvalue weighted by atomic mass is 16.1. The van der Waals surface area contributed by atoms with Gasteiger partial charge in [0.2, 0.25) is 0 Å². The third-order valence-electron chi connectivity index (χ3n) is 4.75. The Morgan fingerprint density at radius 2 is 1.80 bits per heavy atom. The van der Waals surface area contributed by atoms with Gasteiger partial charge < -0.3 is 10.6 Å². The minimum Gasteiger partial charge on any atom is -0.370 e. The van der Waals surface area contributed by atoms with E-state index in [1.807, 2.05) is 31.2 Å². The minimum atomic E-state index is -0.177. The lowest BCUT2D eigenvalue weighted by atomic mass is 10.1. The summed E-state index contributed by atoms with van der Waals surface area (Å²) in [5.74, 6) is 0.558. The highest BCUT2D eigenvalue weighted by molar-refractivity contribution is 6.04. The number of pyridine rings is 3. The molecule has 4 aromatic heterocycles. The van der Waals surface area contributed by atoms with Crippen molar-refractivity contribution in [3.8, 4) is 11.3 Å². The van der Waals surface area contributed by atoms with Crippen LogP contribution in [0.15, 0.2) is 55.2 Å². The summed E-state index contributed by atoms with van der Waals surface area (Å²) in [6.07, 6.45) is 7.39. The minimum absolute atomic E-state index is 0.177. The quantitative estimate of drug-likeness (QED) is 0.513. The Balaban J connectivity index is 1.50. The first-order valence-corrected chi connectivity index (χ1v) is 9.59. The summed E-state index contributed by atoms with van der Waals surface area (Å²) >= 11 is 0. The summed E-state index contributed by atoms with van der Waals surface area (Å²) in [6.45, 7) is 2.60. The van der Waals surface area contributed by atoms with Gasteiger partial charge in [-0.15, -0.1) is 0 Å². The number of fused-ring (bicyclic) bond motifs is 1. The molecule has 0 aromatic carbocycles. The molecule has 0 unspecified atom stereocenters. The zero-order valence-electron chi connectivity index (χ0n) is 16.8. The Kier molecular flexibility index (Phi) is 5.56. The van der Waals surface area contributed by atoms with Crippen molar-refractivity contribution in [3.05, 3.63) is 72.1 Å². The average Bonchev–Trinajstić information content (AvgIpc) is 2.79. The lowest BCUT2D eigenvalue weighted by Gasteiger charge is -2.10. The summed E-state index contributed by atoms with van der Waals surface area (Å²) < 4.78 is 0. The van der Waals surface area contributed by atoms with Crippen LogP contribution >= 0.6 is 0 Å². The maximum absolute atomic E-state index is 12.1. The number of rotatable bonds is 6. The summed E-state index contributed by atoms with van der Waals surface area (Å²) in [5, 5.41) is 5.97. The summed E-state index contributed by atoms with van der Waals surface area (Å²) in [7, 11) is 1.60. The number of nitrogens with one attached hydrogen (secondary N) is 2. The zero-order valence-corrected chi connectivity index (χ0v) is 16.8. The molecule has 8 heteroatoms. The Labute approximate surface area is 173 Å². The molecule has 4 heterocycles. The van der Waals surface area contributed by atoms with Crippen LogP contribution in [-0.4, -0.2) is 44.4 Å². The molecular formula is C22H21N7O. The van der Waals surface area contributed by atoms with Gasteiger partial charge in [0, 0.05) is 49.5 Å². The van der Waals surface area contributed by atoms with E-state index in [0.717, 1.165) is 33.8 Å². The number of anilines is 1. The first kappa shape index (κ1) is 19.4. The predicted molar refractivity (Wildman–Crippen MR) is 115 cm³/mol. The van der Waals surface area contributed by atoms with E-state index in [2.05, 4.69) is 35.6 Å². The monoisotopic (exact) mass is 399 g/mol. The Morgan fingerprint density at radius 3 is 2.60 bits per heavy atom. The smallest absolute Gasteiger partial charge is 0.253 e. The Hall–Kier alpha value is -3.94. The van der Waals surface area contributed by atoms with Crippen LogP contribution in [0.3, 0.4) is 0 Å². The SMILES string of the molecule is CNC(=O)c1ccnc2c(CCNc3cc(-c4ccc(C)nc4)ncn3)ccnc12. The van der Waals surface area contributed by atoms with E-state index >= 15 is 0 Å². The molecule has 150 valence electrons. The molecule has 1 amide bonds. The van der Waals surface area contributed by atoms with Crippen molar-refractivity contribution in [2.24, 2.45) is 0 Å². The fourth-order valence-corrected chi connectivity index (χ4v) is 3.18. The molecule has 4 aromatic rings.